The lowest BCUT2D eigenvalue weighted by atomic mass is 9.63. The van der Waals surface area contributed by atoms with Gasteiger partial charge >= 0.3 is 5.97 Å². The van der Waals surface area contributed by atoms with Gasteiger partial charge < -0.3 is 10.0 Å². The molecule has 0 aromatic heterocycles. The summed E-state index contributed by atoms with van der Waals surface area (Å²) < 4.78 is 27.8. The van der Waals surface area contributed by atoms with Gasteiger partial charge in [-0.3, -0.25) is 9.59 Å². The van der Waals surface area contributed by atoms with Crippen molar-refractivity contribution in [3.8, 4) is 0 Å². The van der Waals surface area contributed by atoms with E-state index < -0.39 is 28.9 Å². The molecular formula is C22H21F2NO3. The Kier molecular flexibility index (Phi) is 4.65. The molecule has 2 aliphatic rings. The Labute approximate surface area is 161 Å². The number of rotatable bonds is 4. The molecule has 1 heterocycles. The summed E-state index contributed by atoms with van der Waals surface area (Å²) in [7, 11) is 0. The second kappa shape index (κ2) is 7.00. The number of amides is 1. The Balaban J connectivity index is 1.65. The molecule has 6 heteroatoms. The SMILES string of the molecule is O=C(O)C1CN(C(=O)C2(c3ccc(F)cc3F)CCC2)CC1c1ccccc1. The second-order valence-electron chi connectivity index (χ2n) is 7.73. The van der Waals surface area contributed by atoms with Gasteiger partial charge in [0.05, 0.1) is 11.3 Å². The number of aliphatic carboxylic acids is 1. The van der Waals surface area contributed by atoms with Crippen molar-refractivity contribution in [2.75, 3.05) is 13.1 Å². The predicted octanol–water partition coefficient (Wildman–Crippen LogP) is 3.71. The minimum absolute atomic E-state index is 0.0955. The quantitative estimate of drug-likeness (QED) is 0.873. The third-order valence-electron chi connectivity index (χ3n) is 6.22. The average Bonchev–Trinajstić information content (AvgIpc) is 3.09. The summed E-state index contributed by atoms with van der Waals surface area (Å²) in [5.74, 6) is -3.62. The number of nitrogens with zero attached hydrogens (tertiary/aromatic N) is 1. The predicted molar refractivity (Wildman–Crippen MR) is 98.8 cm³/mol. The molecule has 0 bridgehead atoms. The van der Waals surface area contributed by atoms with Gasteiger partial charge in [-0.15, -0.1) is 0 Å². The van der Waals surface area contributed by atoms with E-state index in [2.05, 4.69) is 0 Å². The van der Waals surface area contributed by atoms with Gasteiger partial charge in [-0.25, -0.2) is 8.78 Å². The van der Waals surface area contributed by atoms with Crippen LogP contribution in [-0.2, 0) is 15.0 Å². The lowest BCUT2D eigenvalue weighted by molar-refractivity contribution is -0.143. The fourth-order valence-corrected chi connectivity index (χ4v) is 4.57. The van der Waals surface area contributed by atoms with Crippen molar-refractivity contribution in [3.05, 3.63) is 71.3 Å². The Hall–Kier alpha value is -2.76. The Morgan fingerprint density at radius 2 is 1.75 bits per heavy atom. The van der Waals surface area contributed by atoms with Gasteiger partial charge in [-0.05, 0) is 24.5 Å². The molecular weight excluding hydrogens is 364 g/mol. The van der Waals surface area contributed by atoms with E-state index in [4.69, 9.17) is 0 Å². The van der Waals surface area contributed by atoms with E-state index in [-0.39, 0.29) is 30.5 Å². The van der Waals surface area contributed by atoms with Gasteiger partial charge in [0.2, 0.25) is 5.91 Å². The molecule has 1 saturated carbocycles. The van der Waals surface area contributed by atoms with Crippen molar-refractivity contribution in [1.82, 2.24) is 4.90 Å². The lowest BCUT2D eigenvalue weighted by Gasteiger charge is -2.43. The van der Waals surface area contributed by atoms with Crippen LogP contribution < -0.4 is 0 Å². The highest BCUT2D eigenvalue weighted by molar-refractivity contribution is 5.90. The first kappa shape index (κ1) is 18.6. The number of halogens is 2. The lowest BCUT2D eigenvalue weighted by Crippen LogP contribution is -2.51. The molecule has 1 N–H and O–H groups in total. The molecule has 4 nitrogen and oxygen atoms in total. The molecule has 2 aromatic rings. The van der Waals surface area contributed by atoms with Crippen molar-refractivity contribution in [3.63, 3.8) is 0 Å². The number of likely N-dealkylation sites (tertiary alicyclic amines) is 1. The van der Waals surface area contributed by atoms with Gasteiger partial charge in [-0.1, -0.05) is 42.8 Å². The molecule has 1 aliphatic carbocycles. The number of carboxylic acids is 1. The van der Waals surface area contributed by atoms with E-state index in [1.807, 2.05) is 30.3 Å². The molecule has 2 atom stereocenters. The summed E-state index contributed by atoms with van der Waals surface area (Å²) in [5, 5.41) is 9.67. The molecule has 2 unspecified atom stereocenters. The van der Waals surface area contributed by atoms with Crippen LogP contribution in [0, 0.1) is 17.6 Å². The van der Waals surface area contributed by atoms with Crippen LogP contribution in [0.25, 0.3) is 0 Å². The molecule has 1 amide bonds. The van der Waals surface area contributed by atoms with E-state index >= 15 is 0 Å². The first-order valence-corrected chi connectivity index (χ1v) is 9.45. The number of carboxylic acid groups (broad SMARTS) is 1. The van der Waals surface area contributed by atoms with Crippen molar-refractivity contribution in [1.29, 1.82) is 0 Å². The van der Waals surface area contributed by atoms with E-state index in [1.165, 1.54) is 12.1 Å². The summed E-state index contributed by atoms with van der Waals surface area (Å²) in [4.78, 5) is 26.8. The smallest absolute Gasteiger partial charge is 0.308 e. The molecule has 146 valence electrons. The number of benzene rings is 2. The van der Waals surface area contributed by atoms with Crippen LogP contribution in [0.1, 0.15) is 36.3 Å². The Morgan fingerprint density at radius 3 is 2.32 bits per heavy atom. The van der Waals surface area contributed by atoms with Gasteiger partial charge in [0, 0.05) is 30.6 Å². The van der Waals surface area contributed by atoms with E-state index in [0.29, 0.717) is 12.8 Å². The molecule has 1 saturated heterocycles. The number of hydrogen-bond donors (Lipinski definition) is 1. The summed E-state index contributed by atoms with van der Waals surface area (Å²) in [6.45, 7) is 0.378. The molecule has 2 aromatic carbocycles. The van der Waals surface area contributed by atoms with Gasteiger partial charge in [-0.2, -0.15) is 0 Å². The zero-order valence-corrected chi connectivity index (χ0v) is 15.3. The highest BCUT2D eigenvalue weighted by Crippen LogP contribution is 2.47. The number of hydrogen-bond acceptors (Lipinski definition) is 2. The minimum Gasteiger partial charge on any atom is -0.481 e. The van der Waals surface area contributed by atoms with E-state index in [1.54, 1.807) is 4.90 Å². The molecule has 0 spiro atoms. The van der Waals surface area contributed by atoms with Crippen molar-refractivity contribution in [2.45, 2.75) is 30.6 Å². The summed E-state index contributed by atoms with van der Waals surface area (Å²) in [5.41, 5.74) is 0.0629. The molecule has 1 aliphatic heterocycles. The summed E-state index contributed by atoms with van der Waals surface area (Å²) >= 11 is 0. The fraction of sp³-hybridized carbons (Fsp3) is 0.364. The normalized spacial score (nSPS) is 23.3. The monoisotopic (exact) mass is 385 g/mol. The summed E-state index contributed by atoms with van der Waals surface area (Å²) in [6, 6.07) is 12.6. The number of carbonyl (C=O) groups is 2. The van der Waals surface area contributed by atoms with Crippen LogP contribution >= 0.6 is 0 Å². The molecule has 0 radical (unpaired) electrons. The third-order valence-corrected chi connectivity index (χ3v) is 6.22. The van der Waals surface area contributed by atoms with Crippen molar-refractivity contribution in [2.24, 2.45) is 5.92 Å². The number of carbonyl (C=O) groups excluding carboxylic acids is 1. The highest BCUT2D eigenvalue weighted by atomic mass is 19.1. The maximum absolute atomic E-state index is 14.5. The zero-order chi connectivity index (χ0) is 19.9. The largest absolute Gasteiger partial charge is 0.481 e. The van der Waals surface area contributed by atoms with Gasteiger partial charge in [0.15, 0.2) is 0 Å². The molecule has 4 rings (SSSR count). The second-order valence-corrected chi connectivity index (χ2v) is 7.73. The van der Waals surface area contributed by atoms with Crippen LogP contribution in [0.4, 0.5) is 8.78 Å². The maximum Gasteiger partial charge on any atom is 0.308 e. The minimum atomic E-state index is -1.02. The van der Waals surface area contributed by atoms with Crippen molar-refractivity contribution >= 4 is 11.9 Å². The first-order chi connectivity index (χ1) is 13.4. The highest BCUT2D eigenvalue weighted by Gasteiger charge is 2.52. The maximum atomic E-state index is 14.5. The molecule has 28 heavy (non-hydrogen) atoms. The third kappa shape index (κ3) is 2.97. The van der Waals surface area contributed by atoms with Crippen LogP contribution in [0.15, 0.2) is 48.5 Å². The first-order valence-electron chi connectivity index (χ1n) is 9.45. The van der Waals surface area contributed by atoms with Crippen LogP contribution in [-0.4, -0.2) is 35.0 Å². The average molecular weight is 385 g/mol. The van der Waals surface area contributed by atoms with Crippen LogP contribution in [0.3, 0.4) is 0 Å². The zero-order valence-electron chi connectivity index (χ0n) is 15.3. The summed E-state index contributed by atoms with van der Waals surface area (Å²) in [6.07, 6.45) is 1.75. The van der Waals surface area contributed by atoms with Crippen molar-refractivity contribution < 1.29 is 23.5 Å². The Morgan fingerprint density at radius 1 is 1.04 bits per heavy atom. The topological polar surface area (TPSA) is 57.6 Å². The van der Waals surface area contributed by atoms with Crippen LogP contribution in [0.2, 0.25) is 0 Å². The van der Waals surface area contributed by atoms with Gasteiger partial charge in [0.1, 0.15) is 11.6 Å². The van der Waals surface area contributed by atoms with Crippen LogP contribution in [0.5, 0.6) is 0 Å². The van der Waals surface area contributed by atoms with E-state index in [0.717, 1.165) is 18.1 Å². The van der Waals surface area contributed by atoms with E-state index in [9.17, 15) is 23.5 Å². The Bertz CT molecular complexity index is 911. The molecule has 2 fully saturated rings. The standard InChI is InChI=1S/C22H21F2NO3/c23-15-7-8-18(19(24)11-15)22(9-4-10-22)21(28)25-12-16(17(13-25)20(26)27)14-5-2-1-3-6-14/h1-3,5-8,11,16-17H,4,9-10,12-13H2,(H,26,27). The fourth-order valence-electron chi connectivity index (χ4n) is 4.57. The van der Waals surface area contributed by atoms with Gasteiger partial charge in [0.25, 0.3) is 0 Å².